The molecule has 0 aromatic heterocycles. The van der Waals surface area contributed by atoms with E-state index < -0.39 is 18.0 Å². The van der Waals surface area contributed by atoms with E-state index in [1.54, 1.807) is 6.07 Å². The van der Waals surface area contributed by atoms with E-state index in [-0.39, 0.29) is 24.5 Å². The Morgan fingerprint density at radius 3 is 2.68 bits per heavy atom. The fourth-order valence-corrected chi connectivity index (χ4v) is 2.47. The standard InChI is InChI=1S/C18H17N3O4/c1-11(25-18(24)15-9-10-16(22)21-20-15)17(23)19-14-8-4-6-12-5-2-3-7-13(12)14/h2-8,11H,9-10H2,1H3,(H,19,23)(H,21,22)/t11-/m0/s1. The first kappa shape index (κ1) is 16.6. The van der Waals surface area contributed by atoms with Gasteiger partial charge in [0.05, 0.1) is 0 Å². The quantitative estimate of drug-likeness (QED) is 0.832. The summed E-state index contributed by atoms with van der Waals surface area (Å²) < 4.78 is 5.14. The largest absolute Gasteiger partial charge is 0.448 e. The summed E-state index contributed by atoms with van der Waals surface area (Å²) in [5.74, 6) is -1.40. The van der Waals surface area contributed by atoms with Crippen molar-refractivity contribution in [2.24, 2.45) is 5.10 Å². The number of rotatable bonds is 4. The van der Waals surface area contributed by atoms with E-state index in [2.05, 4.69) is 15.8 Å². The molecule has 7 nitrogen and oxygen atoms in total. The Bertz CT molecular complexity index is 870. The van der Waals surface area contributed by atoms with Crippen LogP contribution in [0.15, 0.2) is 47.6 Å². The molecule has 2 aromatic rings. The van der Waals surface area contributed by atoms with Gasteiger partial charge in [0.2, 0.25) is 5.91 Å². The third kappa shape index (κ3) is 3.82. The number of fused-ring (bicyclic) bond motifs is 1. The fraction of sp³-hybridized carbons (Fsp3) is 0.222. The molecule has 0 saturated heterocycles. The van der Waals surface area contributed by atoms with Crippen molar-refractivity contribution < 1.29 is 19.1 Å². The minimum Gasteiger partial charge on any atom is -0.448 e. The lowest BCUT2D eigenvalue weighted by Crippen LogP contribution is -2.35. The molecule has 0 unspecified atom stereocenters. The molecule has 1 aliphatic rings. The van der Waals surface area contributed by atoms with Gasteiger partial charge < -0.3 is 10.1 Å². The van der Waals surface area contributed by atoms with E-state index >= 15 is 0 Å². The minimum absolute atomic E-state index is 0.101. The molecule has 2 N–H and O–H groups in total. The third-order valence-electron chi connectivity index (χ3n) is 3.84. The van der Waals surface area contributed by atoms with Crippen LogP contribution in [-0.2, 0) is 19.1 Å². The zero-order valence-electron chi connectivity index (χ0n) is 13.6. The topological polar surface area (TPSA) is 96.9 Å². The lowest BCUT2D eigenvalue weighted by atomic mass is 10.1. The SMILES string of the molecule is C[C@H](OC(=O)C1=NNC(=O)CC1)C(=O)Nc1cccc2ccccc12. The Hall–Kier alpha value is -3.22. The number of carbonyl (C=O) groups excluding carboxylic acids is 3. The van der Waals surface area contributed by atoms with Crippen molar-refractivity contribution in [2.45, 2.75) is 25.9 Å². The number of amides is 2. The molecule has 2 amide bonds. The van der Waals surface area contributed by atoms with Gasteiger partial charge in [0.25, 0.3) is 5.91 Å². The molecule has 3 rings (SSSR count). The highest BCUT2D eigenvalue weighted by atomic mass is 16.5. The lowest BCUT2D eigenvalue weighted by molar-refractivity contribution is -0.146. The van der Waals surface area contributed by atoms with E-state index in [0.29, 0.717) is 5.69 Å². The van der Waals surface area contributed by atoms with Crippen LogP contribution in [0.5, 0.6) is 0 Å². The van der Waals surface area contributed by atoms with Crippen molar-refractivity contribution >= 4 is 40.0 Å². The van der Waals surface area contributed by atoms with Crippen molar-refractivity contribution in [3.05, 3.63) is 42.5 Å². The summed E-state index contributed by atoms with van der Waals surface area (Å²) in [6.07, 6.45) is -0.626. The molecule has 1 atom stereocenters. The summed E-state index contributed by atoms with van der Waals surface area (Å²) in [5, 5.41) is 8.33. The van der Waals surface area contributed by atoms with Crippen LogP contribution >= 0.6 is 0 Å². The highest BCUT2D eigenvalue weighted by molar-refractivity contribution is 6.37. The maximum atomic E-state index is 12.3. The summed E-state index contributed by atoms with van der Waals surface area (Å²) in [7, 11) is 0. The van der Waals surface area contributed by atoms with E-state index in [9.17, 15) is 14.4 Å². The van der Waals surface area contributed by atoms with Crippen molar-refractivity contribution in [3.8, 4) is 0 Å². The molecule has 0 fully saturated rings. The van der Waals surface area contributed by atoms with Gasteiger partial charge in [0, 0.05) is 23.9 Å². The predicted octanol–water partition coefficient (Wildman–Crippen LogP) is 1.98. The molecule has 1 heterocycles. The lowest BCUT2D eigenvalue weighted by Gasteiger charge is -2.16. The molecule has 0 saturated carbocycles. The summed E-state index contributed by atoms with van der Waals surface area (Å²) in [5.41, 5.74) is 2.97. The number of anilines is 1. The molecule has 128 valence electrons. The summed E-state index contributed by atoms with van der Waals surface area (Å²) >= 11 is 0. The van der Waals surface area contributed by atoms with Crippen LogP contribution < -0.4 is 10.7 Å². The molecule has 0 radical (unpaired) electrons. The smallest absolute Gasteiger partial charge is 0.355 e. The Labute approximate surface area is 144 Å². The Kier molecular flexibility index (Phi) is 4.74. The van der Waals surface area contributed by atoms with Gasteiger partial charge in [-0.2, -0.15) is 5.10 Å². The molecule has 7 heteroatoms. The Morgan fingerprint density at radius 2 is 1.92 bits per heavy atom. The zero-order valence-corrected chi connectivity index (χ0v) is 13.6. The van der Waals surface area contributed by atoms with Crippen molar-refractivity contribution in [1.29, 1.82) is 0 Å². The minimum atomic E-state index is -0.994. The first-order valence-corrected chi connectivity index (χ1v) is 7.89. The number of hydrogen-bond acceptors (Lipinski definition) is 5. The summed E-state index contributed by atoms with van der Waals surface area (Å²) in [6, 6.07) is 13.2. The molecular formula is C18H17N3O4. The summed E-state index contributed by atoms with van der Waals surface area (Å²) in [4.78, 5) is 35.4. The maximum absolute atomic E-state index is 12.3. The monoisotopic (exact) mass is 339 g/mol. The normalized spacial score (nSPS) is 15.1. The van der Waals surface area contributed by atoms with E-state index in [0.717, 1.165) is 10.8 Å². The van der Waals surface area contributed by atoms with Crippen LogP contribution in [0.2, 0.25) is 0 Å². The third-order valence-corrected chi connectivity index (χ3v) is 3.84. The van der Waals surface area contributed by atoms with Gasteiger partial charge in [-0.3, -0.25) is 9.59 Å². The van der Waals surface area contributed by atoms with Gasteiger partial charge in [-0.1, -0.05) is 36.4 Å². The van der Waals surface area contributed by atoms with Gasteiger partial charge in [-0.05, 0) is 18.4 Å². The Morgan fingerprint density at radius 1 is 1.16 bits per heavy atom. The number of benzene rings is 2. The first-order chi connectivity index (χ1) is 12.0. The number of hydrogen-bond donors (Lipinski definition) is 2. The van der Waals surface area contributed by atoms with E-state index in [1.165, 1.54) is 6.92 Å². The molecule has 0 bridgehead atoms. The molecule has 1 aliphatic heterocycles. The van der Waals surface area contributed by atoms with Crippen LogP contribution in [0.3, 0.4) is 0 Å². The second-order valence-electron chi connectivity index (χ2n) is 5.66. The molecule has 2 aromatic carbocycles. The van der Waals surface area contributed by atoms with Crippen molar-refractivity contribution in [1.82, 2.24) is 5.43 Å². The van der Waals surface area contributed by atoms with E-state index in [1.807, 2.05) is 36.4 Å². The van der Waals surface area contributed by atoms with Crippen LogP contribution in [0.1, 0.15) is 19.8 Å². The van der Waals surface area contributed by atoms with Gasteiger partial charge in [-0.15, -0.1) is 0 Å². The first-order valence-electron chi connectivity index (χ1n) is 7.89. The second-order valence-corrected chi connectivity index (χ2v) is 5.66. The average Bonchev–Trinajstić information content (AvgIpc) is 2.62. The van der Waals surface area contributed by atoms with Crippen molar-refractivity contribution in [3.63, 3.8) is 0 Å². The summed E-state index contributed by atoms with van der Waals surface area (Å²) in [6.45, 7) is 1.49. The average molecular weight is 339 g/mol. The van der Waals surface area contributed by atoms with Crippen LogP contribution in [0.25, 0.3) is 10.8 Å². The number of carbonyl (C=O) groups is 3. The zero-order chi connectivity index (χ0) is 17.8. The van der Waals surface area contributed by atoms with Crippen LogP contribution in [0.4, 0.5) is 5.69 Å². The second kappa shape index (κ2) is 7.12. The van der Waals surface area contributed by atoms with Crippen LogP contribution in [-0.4, -0.2) is 29.6 Å². The fourth-order valence-electron chi connectivity index (χ4n) is 2.47. The molecule has 25 heavy (non-hydrogen) atoms. The number of hydrazone groups is 1. The number of nitrogens with zero attached hydrogens (tertiary/aromatic N) is 1. The number of ether oxygens (including phenoxy) is 1. The molecule has 0 aliphatic carbocycles. The number of nitrogens with one attached hydrogen (secondary N) is 2. The number of esters is 1. The molecular weight excluding hydrogens is 322 g/mol. The van der Waals surface area contributed by atoms with Crippen LogP contribution in [0, 0.1) is 0 Å². The van der Waals surface area contributed by atoms with Gasteiger partial charge in [-0.25, -0.2) is 10.2 Å². The molecule has 0 spiro atoms. The van der Waals surface area contributed by atoms with Gasteiger partial charge in [0.15, 0.2) is 6.10 Å². The van der Waals surface area contributed by atoms with Gasteiger partial charge >= 0.3 is 5.97 Å². The van der Waals surface area contributed by atoms with E-state index in [4.69, 9.17) is 4.74 Å². The van der Waals surface area contributed by atoms with Gasteiger partial charge in [0.1, 0.15) is 5.71 Å². The van der Waals surface area contributed by atoms with Crippen molar-refractivity contribution in [2.75, 3.05) is 5.32 Å². The highest BCUT2D eigenvalue weighted by Crippen LogP contribution is 2.23. The predicted molar refractivity (Wildman–Crippen MR) is 92.9 cm³/mol. The Balaban J connectivity index is 1.66. The maximum Gasteiger partial charge on any atom is 0.355 e. The highest BCUT2D eigenvalue weighted by Gasteiger charge is 2.24.